The van der Waals surface area contributed by atoms with Crippen molar-refractivity contribution in [3.63, 3.8) is 0 Å². The van der Waals surface area contributed by atoms with E-state index in [2.05, 4.69) is 29.1 Å². The van der Waals surface area contributed by atoms with Crippen LogP contribution in [0.3, 0.4) is 0 Å². The van der Waals surface area contributed by atoms with E-state index in [9.17, 15) is 9.59 Å². The molecule has 120 valence electrons. The van der Waals surface area contributed by atoms with E-state index >= 15 is 0 Å². The van der Waals surface area contributed by atoms with Crippen molar-refractivity contribution in [2.45, 2.75) is 12.3 Å². The largest absolute Gasteiger partial charge is 0.374 e. The third-order valence-corrected chi connectivity index (χ3v) is 5.57. The summed E-state index contributed by atoms with van der Waals surface area (Å²) in [6.07, 6.45) is 2.60. The van der Waals surface area contributed by atoms with Crippen molar-refractivity contribution in [3.05, 3.63) is 58.1 Å². The van der Waals surface area contributed by atoms with E-state index in [1.807, 2.05) is 24.3 Å². The van der Waals surface area contributed by atoms with E-state index < -0.39 is 0 Å². The molecule has 0 N–H and O–H groups in total. The van der Waals surface area contributed by atoms with Gasteiger partial charge in [0.25, 0.3) is 0 Å². The number of fused-ring (bicyclic) bond motifs is 2. The monoisotopic (exact) mass is 336 g/mol. The smallest absolute Gasteiger partial charge is 0.178 e. The van der Waals surface area contributed by atoms with Gasteiger partial charge in [-0.15, -0.1) is 11.3 Å². The molecule has 0 saturated heterocycles. The lowest BCUT2D eigenvalue weighted by Gasteiger charge is -2.34. The van der Waals surface area contributed by atoms with Crippen LogP contribution in [0, 0.1) is 0 Å². The molecule has 0 aliphatic carbocycles. The van der Waals surface area contributed by atoms with Crippen LogP contribution in [0.25, 0.3) is 10.2 Å². The molecule has 0 spiro atoms. The normalized spacial score (nSPS) is 16.9. The minimum atomic E-state index is 0.343. The van der Waals surface area contributed by atoms with Crippen LogP contribution in [0.4, 0.5) is 5.69 Å². The molecule has 1 aliphatic heterocycles. The molecule has 0 fully saturated rings. The number of carbonyl (C=O) groups is 2. The maximum absolute atomic E-state index is 11.1. The zero-order chi connectivity index (χ0) is 16.7. The highest BCUT2D eigenvalue weighted by Gasteiger charge is 2.24. The van der Waals surface area contributed by atoms with Crippen LogP contribution in [0.1, 0.15) is 37.2 Å². The van der Waals surface area contributed by atoms with E-state index in [1.165, 1.54) is 28.2 Å². The number of benzene rings is 2. The average molecular weight is 336 g/mol. The first kappa shape index (κ1) is 15.0. The maximum atomic E-state index is 11.1. The first-order chi connectivity index (χ1) is 11.7. The molecule has 1 unspecified atom stereocenters. The van der Waals surface area contributed by atoms with Crippen LogP contribution in [0.15, 0.2) is 36.4 Å². The molecule has 0 amide bonds. The minimum Gasteiger partial charge on any atom is -0.374 e. The summed E-state index contributed by atoms with van der Waals surface area (Å²) in [6.45, 7) is 0.920. The van der Waals surface area contributed by atoms with Gasteiger partial charge in [-0.3, -0.25) is 9.59 Å². The maximum Gasteiger partial charge on any atom is 0.178 e. The number of anilines is 1. The van der Waals surface area contributed by atoms with Gasteiger partial charge in [0.05, 0.1) is 10.2 Å². The Balaban J connectivity index is 1.71. The van der Waals surface area contributed by atoms with Crippen LogP contribution in [0.2, 0.25) is 0 Å². The highest BCUT2D eigenvalue weighted by atomic mass is 32.1. The Labute approximate surface area is 143 Å². The summed E-state index contributed by atoms with van der Waals surface area (Å²) in [4.78, 5) is 28.6. The second-order valence-electron chi connectivity index (χ2n) is 6.18. The highest BCUT2D eigenvalue weighted by molar-refractivity contribution is 7.20. The minimum absolute atomic E-state index is 0.343. The molecule has 1 aromatic heterocycles. The Bertz CT molecular complexity index is 948. The Kier molecular flexibility index (Phi) is 3.65. The first-order valence-corrected chi connectivity index (χ1v) is 8.64. The molecule has 4 nitrogen and oxygen atoms in total. The number of hydrogen-bond acceptors (Lipinski definition) is 5. The number of likely N-dealkylation sites (N-methyl/N-ethyl adjacent to an activating group) is 1. The number of nitrogens with zero attached hydrogens (tertiary/aromatic N) is 2. The average Bonchev–Trinajstić information content (AvgIpc) is 3.03. The van der Waals surface area contributed by atoms with Crippen LogP contribution < -0.4 is 4.90 Å². The van der Waals surface area contributed by atoms with Gasteiger partial charge in [-0.1, -0.05) is 6.07 Å². The molecule has 0 radical (unpaired) electrons. The zero-order valence-corrected chi connectivity index (χ0v) is 14.0. The van der Waals surface area contributed by atoms with Gasteiger partial charge >= 0.3 is 0 Å². The summed E-state index contributed by atoms with van der Waals surface area (Å²) in [5, 5.41) is 0.517. The van der Waals surface area contributed by atoms with Crippen molar-refractivity contribution in [1.29, 1.82) is 0 Å². The predicted octanol–water partition coefficient (Wildman–Crippen LogP) is 3.70. The van der Waals surface area contributed by atoms with Gasteiger partial charge in [0, 0.05) is 30.8 Å². The molecule has 4 rings (SSSR count). The van der Waals surface area contributed by atoms with E-state index in [0.29, 0.717) is 16.5 Å². The molecule has 24 heavy (non-hydrogen) atoms. The quantitative estimate of drug-likeness (QED) is 0.684. The van der Waals surface area contributed by atoms with Crippen LogP contribution >= 0.6 is 11.3 Å². The molecule has 2 heterocycles. The lowest BCUT2D eigenvalue weighted by atomic mass is 9.86. The molecule has 1 aliphatic rings. The van der Waals surface area contributed by atoms with Gasteiger partial charge in [-0.2, -0.15) is 0 Å². The molecule has 0 saturated carbocycles. The molecule has 1 atom stereocenters. The van der Waals surface area contributed by atoms with Crippen LogP contribution in [0.5, 0.6) is 0 Å². The van der Waals surface area contributed by atoms with Gasteiger partial charge < -0.3 is 4.90 Å². The second-order valence-corrected chi connectivity index (χ2v) is 7.25. The Morgan fingerprint density at radius 3 is 2.83 bits per heavy atom. The van der Waals surface area contributed by atoms with E-state index in [-0.39, 0.29) is 0 Å². The van der Waals surface area contributed by atoms with Crippen molar-refractivity contribution in [2.75, 3.05) is 18.5 Å². The third-order valence-electron chi connectivity index (χ3n) is 4.61. The van der Waals surface area contributed by atoms with E-state index in [1.54, 1.807) is 0 Å². The standard InChI is InChI=1S/C19H16N2O2S/c1-21-9-15(7-14-6-12(10-22)2-4-17(14)21)13-3-5-18-16(8-13)20-19(11-23)24-18/h2-6,8,10-11,15H,7,9H2,1H3. The van der Waals surface area contributed by atoms with Gasteiger partial charge in [-0.25, -0.2) is 4.98 Å². The topological polar surface area (TPSA) is 50.3 Å². The summed E-state index contributed by atoms with van der Waals surface area (Å²) in [5.41, 5.74) is 5.21. The van der Waals surface area contributed by atoms with E-state index in [4.69, 9.17) is 0 Å². The van der Waals surface area contributed by atoms with Gasteiger partial charge in [-0.05, 0) is 47.9 Å². The van der Waals surface area contributed by atoms with Crippen molar-refractivity contribution >= 4 is 39.8 Å². The fourth-order valence-electron chi connectivity index (χ4n) is 3.46. The number of aromatic nitrogens is 1. The number of carbonyl (C=O) groups excluding carboxylic acids is 2. The lowest BCUT2D eigenvalue weighted by Crippen LogP contribution is -2.31. The molecule has 3 aromatic rings. The predicted molar refractivity (Wildman–Crippen MR) is 96.6 cm³/mol. The highest BCUT2D eigenvalue weighted by Crippen LogP contribution is 2.35. The summed E-state index contributed by atoms with van der Waals surface area (Å²) >= 11 is 1.42. The number of hydrogen-bond donors (Lipinski definition) is 0. The van der Waals surface area contributed by atoms with Crippen LogP contribution in [-0.2, 0) is 6.42 Å². The SMILES string of the molecule is CN1CC(c2ccc3sc(C=O)nc3c2)Cc2cc(C=O)ccc21. The molecule has 5 heteroatoms. The van der Waals surface area contributed by atoms with Gasteiger partial charge in [0.1, 0.15) is 6.29 Å². The summed E-state index contributed by atoms with van der Waals surface area (Å²) < 4.78 is 1.04. The summed E-state index contributed by atoms with van der Waals surface area (Å²) in [5.74, 6) is 0.343. The van der Waals surface area contributed by atoms with Gasteiger partial charge in [0.2, 0.25) is 0 Å². The van der Waals surface area contributed by atoms with Crippen molar-refractivity contribution < 1.29 is 9.59 Å². The Morgan fingerprint density at radius 2 is 2.04 bits per heavy atom. The number of rotatable bonds is 3. The molecule has 2 aromatic carbocycles. The van der Waals surface area contributed by atoms with Crippen molar-refractivity contribution in [1.82, 2.24) is 4.98 Å². The van der Waals surface area contributed by atoms with Crippen LogP contribution in [-0.4, -0.2) is 31.1 Å². The molecular formula is C19H16N2O2S. The summed E-state index contributed by atoms with van der Waals surface area (Å²) in [6, 6.07) is 12.1. The lowest BCUT2D eigenvalue weighted by molar-refractivity contribution is 0.111. The Morgan fingerprint density at radius 1 is 1.17 bits per heavy atom. The number of thiazole rings is 1. The van der Waals surface area contributed by atoms with E-state index in [0.717, 1.165) is 35.8 Å². The Hall–Kier alpha value is -2.53. The van der Waals surface area contributed by atoms with Crippen molar-refractivity contribution in [3.8, 4) is 0 Å². The summed E-state index contributed by atoms with van der Waals surface area (Å²) in [7, 11) is 2.08. The zero-order valence-electron chi connectivity index (χ0n) is 13.2. The first-order valence-electron chi connectivity index (χ1n) is 7.83. The second kappa shape index (κ2) is 5.83. The molecule has 0 bridgehead atoms. The fourth-order valence-corrected chi connectivity index (χ4v) is 4.23. The fraction of sp³-hybridized carbons (Fsp3) is 0.211. The van der Waals surface area contributed by atoms with Crippen molar-refractivity contribution in [2.24, 2.45) is 0 Å². The number of aldehydes is 2. The molecular weight excluding hydrogens is 320 g/mol. The van der Waals surface area contributed by atoms with Gasteiger partial charge in [0.15, 0.2) is 11.3 Å². The third kappa shape index (κ3) is 2.51.